The van der Waals surface area contributed by atoms with E-state index in [9.17, 15) is 4.79 Å². The van der Waals surface area contributed by atoms with Crippen LogP contribution in [0.5, 0.6) is 0 Å². The van der Waals surface area contributed by atoms with Crippen LogP contribution in [0.25, 0.3) is 0 Å². The zero-order chi connectivity index (χ0) is 12.5. The summed E-state index contributed by atoms with van der Waals surface area (Å²) in [5.41, 5.74) is 1.55. The monoisotopic (exact) mass is 251 g/mol. The highest BCUT2D eigenvalue weighted by molar-refractivity contribution is 6.34. The summed E-state index contributed by atoms with van der Waals surface area (Å²) < 4.78 is 0. The number of fused-ring (bicyclic) bond motifs is 1. The molecule has 1 N–H and O–H groups in total. The Morgan fingerprint density at radius 1 is 1.24 bits per heavy atom. The third-order valence-corrected chi connectivity index (χ3v) is 3.87. The van der Waals surface area contributed by atoms with E-state index in [1.807, 2.05) is 18.2 Å². The summed E-state index contributed by atoms with van der Waals surface area (Å²) in [5.74, 6) is 0.115. The Labute approximate surface area is 107 Å². The lowest BCUT2D eigenvalue weighted by Gasteiger charge is -2.26. The first kappa shape index (κ1) is 12.4. The minimum Gasteiger partial charge on any atom is -0.324 e. The minimum atomic E-state index is -0.357. The van der Waals surface area contributed by atoms with Crippen molar-refractivity contribution < 1.29 is 4.79 Å². The van der Waals surface area contributed by atoms with Crippen molar-refractivity contribution in [3.05, 3.63) is 28.8 Å². The van der Waals surface area contributed by atoms with Gasteiger partial charge in [0, 0.05) is 0 Å². The summed E-state index contributed by atoms with van der Waals surface area (Å²) in [7, 11) is 0. The SMILES string of the molecule is CCCC1(CCC)C(=O)Nc2c(Cl)cccc21. The fraction of sp³-hybridized carbons (Fsp3) is 0.500. The molecule has 0 unspecified atom stereocenters. The second-order valence-corrected chi connectivity index (χ2v) is 5.11. The van der Waals surface area contributed by atoms with E-state index in [1.54, 1.807) is 0 Å². The van der Waals surface area contributed by atoms with Crippen LogP contribution in [0, 0.1) is 0 Å². The predicted molar refractivity (Wildman–Crippen MR) is 71.6 cm³/mol. The normalized spacial score (nSPS) is 16.8. The lowest BCUT2D eigenvalue weighted by molar-refractivity contribution is -0.121. The zero-order valence-electron chi connectivity index (χ0n) is 10.3. The lowest BCUT2D eigenvalue weighted by Crippen LogP contribution is -2.34. The van der Waals surface area contributed by atoms with E-state index < -0.39 is 0 Å². The number of hydrogen-bond acceptors (Lipinski definition) is 1. The first-order valence-electron chi connectivity index (χ1n) is 6.26. The van der Waals surface area contributed by atoms with Crippen molar-refractivity contribution >= 4 is 23.2 Å². The maximum Gasteiger partial charge on any atom is 0.235 e. The second-order valence-electron chi connectivity index (χ2n) is 4.70. The molecule has 1 heterocycles. The van der Waals surface area contributed by atoms with Crippen LogP contribution in [0.1, 0.15) is 45.1 Å². The number of hydrogen-bond donors (Lipinski definition) is 1. The topological polar surface area (TPSA) is 29.1 Å². The summed E-state index contributed by atoms with van der Waals surface area (Å²) in [6, 6.07) is 5.79. The molecule has 0 aromatic heterocycles. The van der Waals surface area contributed by atoms with Crippen molar-refractivity contribution in [2.45, 2.75) is 44.9 Å². The summed E-state index contributed by atoms with van der Waals surface area (Å²) in [5, 5.41) is 3.60. The van der Waals surface area contributed by atoms with Gasteiger partial charge in [-0.25, -0.2) is 0 Å². The van der Waals surface area contributed by atoms with Gasteiger partial charge in [-0.05, 0) is 24.5 Å². The van der Waals surface area contributed by atoms with E-state index in [2.05, 4.69) is 19.2 Å². The van der Waals surface area contributed by atoms with Gasteiger partial charge < -0.3 is 5.32 Å². The van der Waals surface area contributed by atoms with Crippen molar-refractivity contribution in [2.24, 2.45) is 0 Å². The molecule has 2 rings (SSSR count). The van der Waals surface area contributed by atoms with Gasteiger partial charge >= 0.3 is 0 Å². The molecule has 0 aliphatic carbocycles. The summed E-state index contributed by atoms with van der Waals surface area (Å²) >= 11 is 6.15. The van der Waals surface area contributed by atoms with E-state index >= 15 is 0 Å². The van der Waals surface area contributed by atoms with Crippen molar-refractivity contribution in [2.75, 3.05) is 5.32 Å². The first-order chi connectivity index (χ1) is 8.15. The number of para-hydroxylation sites is 1. The van der Waals surface area contributed by atoms with Gasteiger partial charge in [-0.1, -0.05) is 50.4 Å². The van der Waals surface area contributed by atoms with Crippen molar-refractivity contribution in [1.29, 1.82) is 0 Å². The second kappa shape index (κ2) is 4.69. The number of carbonyl (C=O) groups excluding carboxylic acids is 1. The Morgan fingerprint density at radius 3 is 2.47 bits per heavy atom. The Bertz CT molecular complexity index is 436. The number of anilines is 1. The standard InChI is InChI=1S/C14H18ClNO/c1-3-8-14(9-4-2)10-6-5-7-11(15)12(10)16-13(14)17/h5-7H,3-4,8-9H2,1-2H3,(H,16,17). The maximum atomic E-state index is 12.3. The fourth-order valence-corrected chi connectivity index (χ4v) is 3.10. The van der Waals surface area contributed by atoms with Gasteiger partial charge in [-0.2, -0.15) is 0 Å². The highest BCUT2D eigenvalue weighted by Gasteiger charge is 2.45. The van der Waals surface area contributed by atoms with Gasteiger partial charge in [-0.3, -0.25) is 4.79 Å². The van der Waals surface area contributed by atoms with Crippen LogP contribution < -0.4 is 5.32 Å². The molecule has 1 aliphatic rings. The van der Waals surface area contributed by atoms with Gasteiger partial charge in [0.1, 0.15) is 0 Å². The average Bonchev–Trinajstić information content (AvgIpc) is 2.56. The Hall–Kier alpha value is -1.02. The number of nitrogens with one attached hydrogen (secondary N) is 1. The number of amides is 1. The largest absolute Gasteiger partial charge is 0.324 e. The number of carbonyl (C=O) groups is 1. The molecule has 0 fully saturated rings. The van der Waals surface area contributed by atoms with Crippen molar-refractivity contribution in [1.82, 2.24) is 0 Å². The molecule has 0 bridgehead atoms. The molecule has 1 amide bonds. The number of rotatable bonds is 4. The van der Waals surface area contributed by atoms with Crippen LogP contribution in [0.3, 0.4) is 0 Å². The molecule has 92 valence electrons. The maximum absolute atomic E-state index is 12.3. The Morgan fingerprint density at radius 2 is 1.88 bits per heavy atom. The van der Waals surface area contributed by atoms with E-state index in [-0.39, 0.29) is 11.3 Å². The van der Waals surface area contributed by atoms with Crippen LogP contribution in [0.2, 0.25) is 5.02 Å². The zero-order valence-corrected chi connectivity index (χ0v) is 11.1. The van der Waals surface area contributed by atoms with Crippen LogP contribution in [0.15, 0.2) is 18.2 Å². The van der Waals surface area contributed by atoms with Gasteiger partial charge in [0.15, 0.2) is 0 Å². The molecular weight excluding hydrogens is 234 g/mol. The van der Waals surface area contributed by atoms with Gasteiger partial charge in [0.2, 0.25) is 5.91 Å². The Kier molecular flexibility index (Phi) is 3.43. The fourth-order valence-electron chi connectivity index (χ4n) is 2.88. The minimum absolute atomic E-state index is 0.115. The van der Waals surface area contributed by atoms with Gasteiger partial charge in [-0.15, -0.1) is 0 Å². The molecule has 1 aromatic carbocycles. The lowest BCUT2D eigenvalue weighted by atomic mass is 9.74. The molecule has 0 saturated heterocycles. The van der Waals surface area contributed by atoms with E-state index in [4.69, 9.17) is 11.6 Å². The van der Waals surface area contributed by atoms with Crippen LogP contribution in [-0.4, -0.2) is 5.91 Å². The molecule has 0 spiro atoms. The highest BCUT2D eigenvalue weighted by Crippen LogP contribution is 2.46. The number of halogens is 1. The summed E-state index contributed by atoms with van der Waals surface area (Å²) in [6.45, 7) is 4.24. The quantitative estimate of drug-likeness (QED) is 0.857. The molecule has 1 aromatic rings. The van der Waals surface area contributed by atoms with E-state index in [0.717, 1.165) is 36.9 Å². The molecule has 3 heteroatoms. The van der Waals surface area contributed by atoms with E-state index in [0.29, 0.717) is 5.02 Å². The molecule has 17 heavy (non-hydrogen) atoms. The predicted octanol–water partition coefficient (Wildman–Crippen LogP) is 4.13. The summed E-state index contributed by atoms with van der Waals surface area (Å²) in [4.78, 5) is 12.3. The summed E-state index contributed by atoms with van der Waals surface area (Å²) in [6.07, 6.45) is 3.78. The molecule has 0 radical (unpaired) electrons. The molecule has 1 aliphatic heterocycles. The third-order valence-electron chi connectivity index (χ3n) is 3.56. The van der Waals surface area contributed by atoms with Crippen molar-refractivity contribution in [3.8, 4) is 0 Å². The van der Waals surface area contributed by atoms with E-state index in [1.165, 1.54) is 0 Å². The number of benzene rings is 1. The molecular formula is C14H18ClNO. The molecule has 0 saturated carbocycles. The average molecular weight is 252 g/mol. The van der Waals surface area contributed by atoms with Crippen molar-refractivity contribution in [3.63, 3.8) is 0 Å². The molecule has 2 nitrogen and oxygen atoms in total. The first-order valence-corrected chi connectivity index (χ1v) is 6.64. The van der Waals surface area contributed by atoms with Crippen LogP contribution in [-0.2, 0) is 10.2 Å². The van der Waals surface area contributed by atoms with Crippen LogP contribution in [0.4, 0.5) is 5.69 Å². The Balaban J connectivity index is 2.54. The van der Waals surface area contributed by atoms with Gasteiger partial charge in [0.05, 0.1) is 16.1 Å². The molecule has 0 atom stereocenters. The van der Waals surface area contributed by atoms with Gasteiger partial charge in [0.25, 0.3) is 0 Å². The smallest absolute Gasteiger partial charge is 0.235 e. The third kappa shape index (κ3) is 1.85. The highest BCUT2D eigenvalue weighted by atomic mass is 35.5. The van der Waals surface area contributed by atoms with Crippen LogP contribution >= 0.6 is 11.6 Å².